The number of rotatable bonds is 12. The molecule has 3 aromatic rings. The molecule has 4 rings (SSSR count). The van der Waals surface area contributed by atoms with Gasteiger partial charge in [-0.15, -0.1) is 0 Å². The van der Waals surface area contributed by atoms with E-state index in [1.165, 1.54) is 5.56 Å². The standard InChI is InChI=1S/C32H40N2O5/c1-22(2)21-39-28-12-11-24(16-29(28)36-3)15-27-26-18-31(38-5)30(37-4)17-25(26)13-14-34(27)20-32(35)33-19-23-9-7-6-8-10-23/h6-12,16-18,22,27H,13-15,19-21H2,1-5H3,(H,33,35). The average molecular weight is 533 g/mol. The Morgan fingerprint density at radius 3 is 2.28 bits per heavy atom. The average Bonchev–Trinajstić information content (AvgIpc) is 2.96. The van der Waals surface area contributed by atoms with Gasteiger partial charge in [-0.25, -0.2) is 0 Å². The predicted molar refractivity (Wildman–Crippen MR) is 153 cm³/mol. The third-order valence-corrected chi connectivity index (χ3v) is 7.02. The van der Waals surface area contributed by atoms with Crippen molar-refractivity contribution in [2.24, 2.45) is 5.92 Å². The molecule has 208 valence electrons. The molecule has 0 spiro atoms. The highest BCUT2D eigenvalue weighted by molar-refractivity contribution is 5.78. The number of carbonyl (C=O) groups excluding carboxylic acids is 1. The van der Waals surface area contributed by atoms with E-state index in [1.807, 2.05) is 42.5 Å². The molecular weight excluding hydrogens is 492 g/mol. The van der Waals surface area contributed by atoms with Gasteiger partial charge in [-0.2, -0.15) is 0 Å². The molecule has 0 saturated heterocycles. The fraction of sp³-hybridized carbons (Fsp3) is 0.406. The van der Waals surface area contributed by atoms with Crippen molar-refractivity contribution in [3.63, 3.8) is 0 Å². The summed E-state index contributed by atoms with van der Waals surface area (Å²) in [6.45, 7) is 6.44. The van der Waals surface area contributed by atoms with Crippen molar-refractivity contribution >= 4 is 5.91 Å². The smallest absolute Gasteiger partial charge is 0.234 e. The monoisotopic (exact) mass is 532 g/mol. The fourth-order valence-electron chi connectivity index (χ4n) is 4.98. The number of methoxy groups -OCH3 is 3. The molecule has 1 aliphatic heterocycles. The minimum atomic E-state index is -0.0248. The van der Waals surface area contributed by atoms with Gasteiger partial charge in [0.1, 0.15) is 0 Å². The van der Waals surface area contributed by atoms with Crippen LogP contribution in [0.2, 0.25) is 0 Å². The second kappa shape index (κ2) is 13.4. The molecule has 0 fully saturated rings. The lowest BCUT2D eigenvalue weighted by Crippen LogP contribution is -2.43. The number of amides is 1. The molecule has 0 aromatic heterocycles. The van der Waals surface area contributed by atoms with Crippen molar-refractivity contribution in [2.45, 2.75) is 39.3 Å². The summed E-state index contributed by atoms with van der Waals surface area (Å²) in [6, 6.07) is 20.2. The highest BCUT2D eigenvalue weighted by Gasteiger charge is 2.31. The van der Waals surface area contributed by atoms with Crippen LogP contribution in [-0.4, -0.2) is 51.8 Å². The summed E-state index contributed by atoms with van der Waals surface area (Å²) in [5, 5.41) is 3.08. The van der Waals surface area contributed by atoms with Crippen LogP contribution >= 0.6 is 0 Å². The highest BCUT2D eigenvalue weighted by atomic mass is 16.5. The number of ether oxygens (including phenoxy) is 4. The van der Waals surface area contributed by atoms with E-state index in [-0.39, 0.29) is 11.9 Å². The molecule has 7 nitrogen and oxygen atoms in total. The largest absolute Gasteiger partial charge is 0.493 e. The molecule has 1 N–H and O–H groups in total. The Labute approximate surface area is 232 Å². The molecule has 1 unspecified atom stereocenters. The third-order valence-electron chi connectivity index (χ3n) is 7.02. The molecule has 3 aromatic carbocycles. The molecule has 7 heteroatoms. The van der Waals surface area contributed by atoms with E-state index in [0.717, 1.165) is 41.2 Å². The lowest BCUT2D eigenvalue weighted by atomic mass is 9.88. The van der Waals surface area contributed by atoms with Gasteiger partial charge in [-0.05, 0) is 65.3 Å². The van der Waals surface area contributed by atoms with Crippen molar-refractivity contribution in [2.75, 3.05) is 41.0 Å². The Bertz CT molecular complexity index is 1240. The van der Waals surface area contributed by atoms with Crippen LogP contribution < -0.4 is 24.3 Å². The lowest BCUT2D eigenvalue weighted by Gasteiger charge is -2.37. The zero-order chi connectivity index (χ0) is 27.8. The van der Waals surface area contributed by atoms with Gasteiger partial charge >= 0.3 is 0 Å². The summed E-state index contributed by atoms with van der Waals surface area (Å²) in [5.74, 6) is 3.28. The first-order valence-electron chi connectivity index (χ1n) is 13.5. The van der Waals surface area contributed by atoms with Crippen LogP contribution in [0.4, 0.5) is 0 Å². The topological polar surface area (TPSA) is 69.3 Å². The van der Waals surface area contributed by atoms with Gasteiger partial charge < -0.3 is 24.3 Å². The van der Waals surface area contributed by atoms with E-state index in [1.54, 1.807) is 21.3 Å². The molecule has 1 heterocycles. The summed E-state index contributed by atoms with van der Waals surface area (Å²) in [7, 11) is 4.97. The van der Waals surface area contributed by atoms with Gasteiger partial charge in [0.15, 0.2) is 23.0 Å². The number of nitrogens with one attached hydrogen (secondary N) is 1. The van der Waals surface area contributed by atoms with Gasteiger partial charge in [-0.3, -0.25) is 9.69 Å². The van der Waals surface area contributed by atoms with Crippen molar-refractivity contribution in [3.05, 3.63) is 82.9 Å². The molecule has 1 aliphatic rings. The maximum absolute atomic E-state index is 13.1. The number of hydrogen-bond donors (Lipinski definition) is 1. The van der Waals surface area contributed by atoms with E-state index in [2.05, 4.69) is 42.3 Å². The summed E-state index contributed by atoms with van der Waals surface area (Å²) in [5.41, 5.74) is 4.54. The molecule has 39 heavy (non-hydrogen) atoms. The van der Waals surface area contributed by atoms with Crippen LogP contribution in [0.3, 0.4) is 0 Å². The maximum Gasteiger partial charge on any atom is 0.234 e. The summed E-state index contributed by atoms with van der Waals surface area (Å²) < 4.78 is 22.8. The molecule has 1 amide bonds. The van der Waals surface area contributed by atoms with E-state index in [0.29, 0.717) is 43.5 Å². The lowest BCUT2D eigenvalue weighted by molar-refractivity contribution is -0.123. The van der Waals surface area contributed by atoms with Gasteiger partial charge in [0, 0.05) is 19.1 Å². The molecule has 1 atom stereocenters. The van der Waals surface area contributed by atoms with Crippen molar-refractivity contribution in [3.8, 4) is 23.0 Å². The minimum Gasteiger partial charge on any atom is -0.493 e. The summed E-state index contributed by atoms with van der Waals surface area (Å²) in [4.78, 5) is 15.3. The van der Waals surface area contributed by atoms with Crippen molar-refractivity contribution in [1.82, 2.24) is 10.2 Å². The first kappa shape index (κ1) is 28.3. The van der Waals surface area contributed by atoms with E-state index in [4.69, 9.17) is 18.9 Å². The Hall–Kier alpha value is -3.71. The van der Waals surface area contributed by atoms with Crippen LogP contribution in [-0.2, 0) is 24.2 Å². The number of carbonyl (C=O) groups is 1. The maximum atomic E-state index is 13.1. The Morgan fingerprint density at radius 2 is 1.59 bits per heavy atom. The van der Waals surface area contributed by atoms with Crippen LogP contribution in [0.5, 0.6) is 23.0 Å². The van der Waals surface area contributed by atoms with E-state index in [9.17, 15) is 4.79 Å². The second-order valence-corrected chi connectivity index (χ2v) is 10.3. The van der Waals surface area contributed by atoms with E-state index >= 15 is 0 Å². The molecular formula is C32H40N2O5. The van der Waals surface area contributed by atoms with Crippen LogP contribution in [0.1, 0.15) is 42.1 Å². The normalized spacial score (nSPS) is 15.0. The van der Waals surface area contributed by atoms with Crippen molar-refractivity contribution in [1.29, 1.82) is 0 Å². The van der Waals surface area contributed by atoms with Crippen molar-refractivity contribution < 1.29 is 23.7 Å². The van der Waals surface area contributed by atoms with Gasteiger partial charge in [0.25, 0.3) is 0 Å². The summed E-state index contributed by atoms with van der Waals surface area (Å²) >= 11 is 0. The molecule has 0 aliphatic carbocycles. The highest BCUT2D eigenvalue weighted by Crippen LogP contribution is 2.40. The molecule has 0 radical (unpaired) electrons. The number of nitrogens with zero attached hydrogens (tertiary/aromatic N) is 1. The summed E-state index contributed by atoms with van der Waals surface area (Å²) in [6.07, 6.45) is 1.53. The van der Waals surface area contributed by atoms with Gasteiger partial charge in [-0.1, -0.05) is 50.2 Å². The SMILES string of the molecule is COc1cc2c(cc1OC)C(Cc1ccc(OCC(C)C)c(OC)c1)N(CC(=O)NCc1ccccc1)CC2. The number of fused-ring (bicyclic) bond motifs is 1. The first-order chi connectivity index (χ1) is 18.9. The fourth-order valence-corrected chi connectivity index (χ4v) is 4.98. The van der Waals surface area contributed by atoms with E-state index < -0.39 is 0 Å². The Morgan fingerprint density at radius 1 is 0.897 bits per heavy atom. The van der Waals surface area contributed by atoms with Crippen LogP contribution in [0.25, 0.3) is 0 Å². The first-order valence-corrected chi connectivity index (χ1v) is 13.5. The number of hydrogen-bond acceptors (Lipinski definition) is 6. The molecule has 0 bridgehead atoms. The molecule has 0 saturated carbocycles. The van der Waals surface area contributed by atoms with Crippen LogP contribution in [0, 0.1) is 5.92 Å². The quantitative estimate of drug-likeness (QED) is 0.346. The second-order valence-electron chi connectivity index (χ2n) is 10.3. The predicted octanol–water partition coefficient (Wildman–Crippen LogP) is 5.21. The number of benzene rings is 3. The van der Waals surface area contributed by atoms with Gasteiger partial charge in [0.05, 0.1) is 34.5 Å². The van der Waals surface area contributed by atoms with Crippen LogP contribution in [0.15, 0.2) is 60.7 Å². The third kappa shape index (κ3) is 7.24. The zero-order valence-corrected chi connectivity index (χ0v) is 23.7. The minimum absolute atomic E-state index is 0.00259. The zero-order valence-electron chi connectivity index (χ0n) is 23.7. The Kier molecular flexibility index (Phi) is 9.71. The van der Waals surface area contributed by atoms with Gasteiger partial charge in [0.2, 0.25) is 5.91 Å². The Balaban J connectivity index is 1.59.